The highest BCUT2D eigenvalue weighted by Gasteiger charge is 2.19. The predicted molar refractivity (Wildman–Crippen MR) is 113 cm³/mol. The Hall–Kier alpha value is -2.74. The van der Waals surface area contributed by atoms with Gasteiger partial charge in [-0.25, -0.2) is 4.98 Å². The molecule has 0 spiro atoms. The molecule has 4 heterocycles. The summed E-state index contributed by atoms with van der Waals surface area (Å²) in [5, 5.41) is 10.1. The number of ether oxygens (including phenoxy) is 1. The van der Waals surface area contributed by atoms with Gasteiger partial charge in [-0.15, -0.1) is 10.2 Å². The number of benzene rings is 1. The fourth-order valence-corrected chi connectivity index (χ4v) is 4.18. The molecule has 7 nitrogen and oxygen atoms in total. The molecule has 0 bridgehead atoms. The molecule has 1 aliphatic rings. The molecule has 1 saturated heterocycles. The lowest BCUT2D eigenvalue weighted by atomic mass is 10.2. The Labute approximate surface area is 173 Å². The number of nitrogens with two attached hydrogens (primary N) is 1. The number of nitrogens with zero attached hydrogens (tertiary/aromatic N) is 5. The van der Waals surface area contributed by atoms with Crippen molar-refractivity contribution in [3.8, 4) is 17.3 Å². The first kappa shape index (κ1) is 18.3. The van der Waals surface area contributed by atoms with Gasteiger partial charge in [-0.3, -0.25) is 9.30 Å². The zero-order valence-corrected chi connectivity index (χ0v) is 16.8. The fourth-order valence-electron chi connectivity index (χ4n) is 3.89. The molecular weight excluding hydrogens is 388 g/mol. The van der Waals surface area contributed by atoms with E-state index in [-0.39, 0.29) is 6.04 Å². The number of rotatable bonds is 4. The molecule has 1 unspecified atom stereocenters. The van der Waals surface area contributed by atoms with Crippen LogP contribution >= 0.6 is 11.6 Å². The summed E-state index contributed by atoms with van der Waals surface area (Å²) >= 11 is 6.48. The summed E-state index contributed by atoms with van der Waals surface area (Å²) in [6, 6.07) is 12.1. The minimum Gasteiger partial charge on any atom is -0.495 e. The van der Waals surface area contributed by atoms with Crippen LogP contribution in [0.3, 0.4) is 0 Å². The topological polar surface area (TPSA) is 81.6 Å². The van der Waals surface area contributed by atoms with Gasteiger partial charge in [-0.1, -0.05) is 23.7 Å². The number of methoxy groups -OCH3 is 1. The summed E-state index contributed by atoms with van der Waals surface area (Å²) in [6.07, 6.45) is 3.12. The molecule has 0 amide bonds. The van der Waals surface area contributed by atoms with Crippen molar-refractivity contribution in [1.82, 2.24) is 24.5 Å². The van der Waals surface area contributed by atoms with Gasteiger partial charge in [0.2, 0.25) is 0 Å². The summed E-state index contributed by atoms with van der Waals surface area (Å²) in [5.74, 6) is 1.28. The molecule has 5 rings (SSSR count). The van der Waals surface area contributed by atoms with E-state index in [1.165, 1.54) is 5.56 Å². The van der Waals surface area contributed by atoms with Crippen molar-refractivity contribution in [3.05, 3.63) is 53.2 Å². The Morgan fingerprint density at radius 2 is 2.03 bits per heavy atom. The van der Waals surface area contributed by atoms with E-state index in [1.807, 2.05) is 34.7 Å². The quantitative estimate of drug-likeness (QED) is 0.558. The lowest BCUT2D eigenvalue weighted by molar-refractivity contribution is 0.326. The Bertz CT molecular complexity index is 1210. The second kappa shape index (κ2) is 7.26. The van der Waals surface area contributed by atoms with Gasteiger partial charge in [0, 0.05) is 37.3 Å². The Morgan fingerprint density at radius 1 is 1.17 bits per heavy atom. The first-order valence-corrected chi connectivity index (χ1v) is 9.95. The van der Waals surface area contributed by atoms with E-state index in [0.717, 1.165) is 37.1 Å². The molecule has 4 aromatic rings. The maximum absolute atomic E-state index is 6.48. The second-order valence-electron chi connectivity index (χ2n) is 7.42. The largest absolute Gasteiger partial charge is 0.495 e. The van der Waals surface area contributed by atoms with Crippen molar-refractivity contribution in [2.45, 2.75) is 19.0 Å². The Kier molecular flexibility index (Phi) is 4.58. The van der Waals surface area contributed by atoms with E-state index in [4.69, 9.17) is 27.1 Å². The zero-order chi connectivity index (χ0) is 20.0. The monoisotopic (exact) mass is 408 g/mol. The third kappa shape index (κ3) is 3.31. The SMILES string of the molecule is COc1ccc2ccc(-c3nnc4ccc(CN5CCC(N)C5)cn34)nc2c1Cl. The van der Waals surface area contributed by atoms with E-state index in [1.54, 1.807) is 7.11 Å². The first-order valence-electron chi connectivity index (χ1n) is 9.57. The Morgan fingerprint density at radius 3 is 2.83 bits per heavy atom. The smallest absolute Gasteiger partial charge is 0.187 e. The molecule has 29 heavy (non-hydrogen) atoms. The van der Waals surface area contributed by atoms with Gasteiger partial charge in [0.25, 0.3) is 0 Å². The summed E-state index contributed by atoms with van der Waals surface area (Å²) in [7, 11) is 1.59. The number of pyridine rings is 2. The molecule has 0 radical (unpaired) electrons. The molecular formula is C21H21ClN6O. The molecule has 1 atom stereocenters. The summed E-state index contributed by atoms with van der Waals surface area (Å²) in [5.41, 5.74) is 9.39. The summed E-state index contributed by atoms with van der Waals surface area (Å²) in [4.78, 5) is 7.13. The lowest BCUT2D eigenvalue weighted by Gasteiger charge is -2.15. The highest BCUT2D eigenvalue weighted by Crippen LogP contribution is 2.32. The first-order chi connectivity index (χ1) is 14.1. The van der Waals surface area contributed by atoms with Crippen LogP contribution in [0.1, 0.15) is 12.0 Å². The van der Waals surface area contributed by atoms with Gasteiger partial charge in [-0.05, 0) is 36.2 Å². The summed E-state index contributed by atoms with van der Waals surface area (Å²) < 4.78 is 7.30. The van der Waals surface area contributed by atoms with E-state index in [9.17, 15) is 0 Å². The van der Waals surface area contributed by atoms with Crippen LogP contribution in [0, 0.1) is 0 Å². The fraction of sp³-hybridized carbons (Fsp3) is 0.286. The van der Waals surface area contributed by atoms with Crippen LogP contribution in [0.2, 0.25) is 5.02 Å². The average molecular weight is 409 g/mol. The van der Waals surface area contributed by atoms with E-state index >= 15 is 0 Å². The third-order valence-electron chi connectivity index (χ3n) is 5.39. The van der Waals surface area contributed by atoms with E-state index < -0.39 is 0 Å². The lowest BCUT2D eigenvalue weighted by Crippen LogP contribution is -2.26. The molecule has 1 aromatic carbocycles. The van der Waals surface area contributed by atoms with Crippen LogP contribution < -0.4 is 10.5 Å². The van der Waals surface area contributed by atoms with E-state index in [2.05, 4.69) is 27.4 Å². The number of aromatic nitrogens is 4. The Balaban J connectivity index is 1.55. The molecule has 8 heteroatoms. The van der Waals surface area contributed by atoms with Crippen LogP contribution in [0.4, 0.5) is 0 Å². The number of halogens is 1. The molecule has 3 aromatic heterocycles. The van der Waals surface area contributed by atoms with Crippen LogP contribution in [0.15, 0.2) is 42.6 Å². The van der Waals surface area contributed by atoms with Crippen molar-refractivity contribution in [2.75, 3.05) is 20.2 Å². The predicted octanol–water partition coefficient (Wildman–Crippen LogP) is 3.14. The van der Waals surface area contributed by atoms with Gasteiger partial charge in [0.1, 0.15) is 16.5 Å². The van der Waals surface area contributed by atoms with Gasteiger partial charge >= 0.3 is 0 Å². The van der Waals surface area contributed by atoms with Gasteiger partial charge in [-0.2, -0.15) is 0 Å². The maximum Gasteiger partial charge on any atom is 0.187 e. The molecule has 0 saturated carbocycles. The van der Waals surface area contributed by atoms with Crippen molar-refractivity contribution in [1.29, 1.82) is 0 Å². The molecule has 0 aliphatic carbocycles. The highest BCUT2D eigenvalue weighted by molar-refractivity contribution is 6.36. The van der Waals surface area contributed by atoms with Crippen molar-refractivity contribution < 1.29 is 4.74 Å². The minimum atomic E-state index is 0.271. The van der Waals surface area contributed by atoms with Gasteiger partial charge in [0.05, 0.1) is 12.6 Å². The van der Waals surface area contributed by atoms with Crippen molar-refractivity contribution in [3.63, 3.8) is 0 Å². The van der Waals surface area contributed by atoms with Crippen molar-refractivity contribution in [2.24, 2.45) is 5.73 Å². The van der Waals surface area contributed by atoms with Crippen LogP contribution in [-0.4, -0.2) is 50.7 Å². The van der Waals surface area contributed by atoms with E-state index in [0.29, 0.717) is 27.8 Å². The highest BCUT2D eigenvalue weighted by atomic mass is 35.5. The third-order valence-corrected chi connectivity index (χ3v) is 5.76. The summed E-state index contributed by atoms with van der Waals surface area (Å²) in [6.45, 7) is 2.82. The van der Waals surface area contributed by atoms with Gasteiger partial charge in [0.15, 0.2) is 11.5 Å². The zero-order valence-electron chi connectivity index (χ0n) is 16.0. The minimum absolute atomic E-state index is 0.271. The average Bonchev–Trinajstić information content (AvgIpc) is 3.34. The molecule has 2 N–H and O–H groups in total. The maximum atomic E-state index is 6.48. The second-order valence-corrected chi connectivity index (χ2v) is 7.80. The normalized spacial score (nSPS) is 17.4. The van der Waals surface area contributed by atoms with Crippen LogP contribution in [0.25, 0.3) is 28.1 Å². The van der Waals surface area contributed by atoms with Crippen LogP contribution in [-0.2, 0) is 6.54 Å². The molecule has 1 aliphatic heterocycles. The number of hydrogen-bond donors (Lipinski definition) is 1. The van der Waals surface area contributed by atoms with Crippen LogP contribution in [0.5, 0.6) is 5.75 Å². The van der Waals surface area contributed by atoms with Crippen molar-refractivity contribution >= 4 is 28.2 Å². The number of likely N-dealkylation sites (tertiary alicyclic amines) is 1. The standard InChI is InChI=1S/C21H21ClN6O/c1-29-17-6-4-14-3-5-16(24-20(14)19(17)22)21-26-25-18-7-2-13(11-28(18)21)10-27-9-8-15(23)12-27/h2-7,11,15H,8-10,12,23H2,1H3. The number of fused-ring (bicyclic) bond motifs is 2. The van der Waals surface area contributed by atoms with Gasteiger partial charge < -0.3 is 10.5 Å². The molecule has 148 valence electrons. The number of hydrogen-bond acceptors (Lipinski definition) is 6. The molecule has 1 fully saturated rings.